The third-order valence-corrected chi connectivity index (χ3v) is 1.91. The minimum atomic E-state index is -4.67. The number of ether oxygens (including phenoxy) is 1. The van der Waals surface area contributed by atoms with E-state index >= 15 is 0 Å². The molecule has 1 aromatic carbocycles. The fraction of sp³-hybridized carbons (Fsp3) is 0.300. The lowest BCUT2D eigenvalue weighted by Crippen LogP contribution is -2.36. The summed E-state index contributed by atoms with van der Waals surface area (Å²) >= 11 is 0. The fourth-order valence-electron chi connectivity index (χ4n) is 1.06. The molecule has 0 unspecified atom stereocenters. The van der Waals surface area contributed by atoms with Crippen LogP contribution in [0.15, 0.2) is 24.3 Å². The molecule has 0 spiro atoms. The van der Waals surface area contributed by atoms with E-state index in [0.29, 0.717) is 0 Å². The van der Waals surface area contributed by atoms with E-state index in [-0.39, 0.29) is 5.75 Å². The molecule has 0 amide bonds. The van der Waals surface area contributed by atoms with Crippen LogP contribution in [0.25, 0.3) is 0 Å². The average molecular weight is 236 g/mol. The molecule has 0 atom stereocenters. The first kappa shape index (κ1) is 12.5. The molecule has 6 heteroatoms. The number of rotatable bonds is 4. The Morgan fingerprint density at radius 3 is 2.50 bits per heavy atom. The Kier molecular flexibility index (Phi) is 3.51. The summed E-state index contributed by atoms with van der Waals surface area (Å²) in [6, 6.07) is 4.70. The van der Waals surface area contributed by atoms with Crippen molar-refractivity contribution in [1.82, 2.24) is 0 Å². The summed E-state index contributed by atoms with van der Waals surface area (Å²) in [6.45, 7) is 0. The molecule has 2 nitrogen and oxygen atoms in total. The molecule has 1 rings (SSSR count). The molecule has 16 heavy (non-hydrogen) atoms. The number of carbonyl (C=O) groups is 1. The zero-order valence-electron chi connectivity index (χ0n) is 8.22. The maximum atomic E-state index is 12.7. The first-order valence-electron chi connectivity index (χ1n) is 4.24. The third kappa shape index (κ3) is 2.32. The van der Waals surface area contributed by atoms with Crippen molar-refractivity contribution in [3.8, 4) is 5.75 Å². The minimum Gasteiger partial charge on any atom is -0.497 e. The highest BCUT2D eigenvalue weighted by atomic mass is 19.3. The van der Waals surface area contributed by atoms with Crippen LogP contribution >= 0.6 is 0 Å². The van der Waals surface area contributed by atoms with Gasteiger partial charge >= 0.3 is 12.3 Å². The van der Waals surface area contributed by atoms with Gasteiger partial charge in [0.15, 0.2) is 0 Å². The lowest BCUT2D eigenvalue weighted by Gasteiger charge is -2.13. The maximum absolute atomic E-state index is 12.7. The molecule has 0 aliphatic carbocycles. The highest BCUT2D eigenvalue weighted by Gasteiger charge is 2.49. The van der Waals surface area contributed by atoms with E-state index in [1.807, 2.05) is 0 Å². The van der Waals surface area contributed by atoms with Crippen LogP contribution in [0.1, 0.15) is 10.4 Å². The Bertz CT molecular complexity index is 390. The van der Waals surface area contributed by atoms with Gasteiger partial charge < -0.3 is 4.74 Å². The van der Waals surface area contributed by atoms with Gasteiger partial charge in [0.1, 0.15) is 5.75 Å². The van der Waals surface area contributed by atoms with Crippen LogP contribution in [-0.4, -0.2) is 25.2 Å². The zero-order chi connectivity index (χ0) is 12.3. The van der Waals surface area contributed by atoms with Crippen LogP contribution in [0.2, 0.25) is 0 Å². The molecular weight excluding hydrogens is 228 g/mol. The standard InChI is InChI=1S/C10H8F4O2/c1-16-7-4-2-3-6(5-7)8(15)10(13,14)9(11)12/h2-5,9H,1H3. The summed E-state index contributed by atoms with van der Waals surface area (Å²) in [6.07, 6.45) is -4.02. The summed E-state index contributed by atoms with van der Waals surface area (Å²) in [5.74, 6) is -6.44. The highest BCUT2D eigenvalue weighted by molar-refractivity contribution is 6.01. The second kappa shape index (κ2) is 4.51. The Balaban J connectivity index is 3.05. The van der Waals surface area contributed by atoms with E-state index in [2.05, 4.69) is 0 Å². The van der Waals surface area contributed by atoms with Crippen molar-refractivity contribution in [3.63, 3.8) is 0 Å². The van der Waals surface area contributed by atoms with Gasteiger partial charge in [-0.2, -0.15) is 8.78 Å². The molecule has 0 heterocycles. The molecule has 0 fully saturated rings. The Hall–Kier alpha value is -1.59. The first-order chi connectivity index (χ1) is 7.39. The lowest BCUT2D eigenvalue weighted by molar-refractivity contribution is -0.0958. The second-order valence-electron chi connectivity index (χ2n) is 2.98. The maximum Gasteiger partial charge on any atom is 0.368 e. The molecule has 1 aromatic rings. The molecule has 0 saturated heterocycles. The quantitative estimate of drug-likeness (QED) is 0.593. The number of halogens is 4. The third-order valence-electron chi connectivity index (χ3n) is 1.91. The Labute approximate surface area is 88.8 Å². The van der Waals surface area contributed by atoms with E-state index in [1.165, 1.54) is 19.2 Å². The zero-order valence-corrected chi connectivity index (χ0v) is 8.22. The summed E-state index contributed by atoms with van der Waals surface area (Å²) in [5.41, 5.74) is -0.510. The van der Waals surface area contributed by atoms with Gasteiger partial charge in [0, 0.05) is 5.56 Å². The Morgan fingerprint density at radius 1 is 1.38 bits per heavy atom. The van der Waals surface area contributed by atoms with Gasteiger partial charge in [-0.15, -0.1) is 0 Å². The van der Waals surface area contributed by atoms with Crippen molar-refractivity contribution in [2.75, 3.05) is 7.11 Å². The molecule has 0 aliphatic rings. The van der Waals surface area contributed by atoms with E-state index in [1.54, 1.807) is 0 Å². The van der Waals surface area contributed by atoms with Gasteiger partial charge in [-0.25, -0.2) is 8.78 Å². The van der Waals surface area contributed by atoms with Crippen LogP contribution in [0.4, 0.5) is 17.6 Å². The summed E-state index contributed by atoms with van der Waals surface area (Å²) in [7, 11) is 1.27. The summed E-state index contributed by atoms with van der Waals surface area (Å²) in [5, 5.41) is 0. The molecule has 0 aromatic heterocycles. The van der Waals surface area contributed by atoms with Crippen molar-refractivity contribution in [1.29, 1.82) is 0 Å². The largest absolute Gasteiger partial charge is 0.497 e. The topological polar surface area (TPSA) is 26.3 Å². The van der Waals surface area contributed by atoms with Crippen LogP contribution in [-0.2, 0) is 0 Å². The normalized spacial score (nSPS) is 11.6. The van der Waals surface area contributed by atoms with Crippen LogP contribution in [0.3, 0.4) is 0 Å². The monoisotopic (exact) mass is 236 g/mol. The number of benzene rings is 1. The number of methoxy groups -OCH3 is 1. The molecule has 88 valence electrons. The molecule has 0 saturated carbocycles. The smallest absolute Gasteiger partial charge is 0.368 e. The van der Waals surface area contributed by atoms with E-state index in [9.17, 15) is 22.4 Å². The number of alkyl halides is 4. The number of carbonyl (C=O) groups excluding carboxylic acids is 1. The average Bonchev–Trinajstić information content (AvgIpc) is 2.27. The van der Waals surface area contributed by atoms with Gasteiger partial charge in [0.2, 0.25) is 5.78 Å². The lowest BCUT2D eigenvalue weighted by atomic mass is 10.1. The van der Waals surface area contributed by atoms with E-state index in [0.717, 1.165) is 12.1 Å². The van der Waals surface area contributed by atoms with Crippen LogP contribution in [0, 0.1) is 0 Å². The SMILES string of the molecule is COc1cccc(C(=O)C(F)(F)C(F)F)c1. The van der Waals surface area contributed by atoms with Crippen LogP contribution < -0.4 is 4.74 Å². The number of hydrogen-bond donors (Lipinski definition) is 0. The molecular formula is C10H8F4O2. The van der Waals surface area contributed by atoms with Gasteiger partial charge in [0.25, 0.3) is 0 Å². The fourth-order valence-corrected chi connectivity index (χ4v) is 1.06. The van der Waals surface area contributed by atoms with Crippen LogP contribution in [0.5, 0.6) is 5.75 Å². The van der Waals surface area contributed by atoms with Crippen molar-refractivity contribution < 1.29 is 27.1 Å². The van der Waals surface area contributed by atoms with Gasteiger partial charge in [-0.05, 0) is 12.1 Å². The number of hydrogen-bond acceptors (Lipinski definition) is 2. The van der Waals surface area contributed by atoms with E-state index < -0.39 is 23.7 Å². The van der Waals surface area contributed by atoms with Crippen molar-refractivity contribution in [2.24, 2.45) is 0 Å². The van der Waals surface area contributed by atoms with Crippen molar-refractivity contribution >= 4 is 5.78 Å². The molecule has 0 aliphatic heterocycles. The second-order valence-corrected chi connectivity index (χ2v) is 2.98. The van der Waals surface area contributed by atoms with Gasteiger partial charge in [-0.1, -0.05) is 12.1 Å². The minimum absolute atomic E-state index is 0.149. The van der Waals surface area contributed by atoms with Crippen molar-refractivity contribution in [2.45, 2.75) is 12.3 Å². The molecule has 0 radical (unpaired) electrons. The Morgan fingerprint density at radius 2 is 2.00 bits per heavy atom. The van der Waals surface area contributed by atoms with Gasteiger partial charge in [-0.3, -0.25) is 4.79 Å². The van der Waals surface area contributed by atoms with Crippen molar-refractivity contribution in [3.05, 3.63) is 29.8 Å². The molecule has 0 N–H and O–H groups in total. The summed E-state index contributed by atoms with van der Waals surface area (Å²) < 4.78 is 54.0. The molecule has 0 bridgehead atoms. The number of ketones is 1. The van der Waals surface area contributed by atoms with Gasteiger partial charge in [0.05, 0.1) is 7.11 Å². The summed E-state index contributed by atoms with van der Waals surface area (Å²) in [4.78, 5) is 11.1. The number of Topliss-reactive ketones (excluding diaryl/α,β-unsaturated/α-hetero) is 1. The predicted octanol–water partition coefficient (Wildman–Crippen LogP) is 2.78. The van der Waals surface area contributed by atoms with E-state index in [4.69, 9.17) is 4.74 Å². The first-order valence-corrected chi connectivity index (χ1v) is 4.24. The highest BCUT2D eigenvalue weighted by Crippen LogP contribution is 2.28. The predicted molar refractivity (Wildman–Crippen MR) is 48.3 cm³/mol.